The Hall–Kier alpha value is -2.40. The van der Waals surface area contributed by atoms with Gasteiger partial charge in [0.1, 0.15) is 6.61 Å². The minimum absolute atomic E-state index is 0.0910. The van der Waals surface area contributed by atoms with Crippen molar-refractivity contribution in [2.75, 3.05) is 26.7 Å². The molecule has 0 N–H and O–H groups in total. The predicted octanol–water partition coefficient (Wildman–Crippen LogP) is 1.79. The third-order valence-electron chi connectivity index (χ3n) is 3.88. The van der Waals surface area contributed by atoms with Crippen LogP contribution in [0.3, 0.4) is 0 Å². The van der Waals surface area contributed by atoms with Gasteiger partial charge in [-0.25, -0.2) is 0 Å². The van der Waals surface area contributed by atoms with Gasteiger partial charge in [-0.3, -0.25) is 9.59 Å². The normalized spacial score (nSPS) is 20.9. The zero-order valence-corrected chi connectivity index (χ0v) is 13.4. The lowest BCUT2D eigenvalue weighted by Crippen LogP contribution is -2.54. The second-order valence-corrected chi connectivity index (χ2v) is 5.41. The summed E-state index contributed by atoms with van der Waals surface area (Å²) in [5, 5.41) is 0. The molecule has 1 heterocycles. The topological polar surface area (TPSA) is 49.9 Å². The Labute approximate surface area is 136 Å². The number of benzene rings is 1. The molecule has 2 rings (SSSR count). The summed E-state index contributed by atoms with van der Waals surface area (Å²) < 4.78 is 5.61. The Bertz CT molecular complexity index is 575. The molecule has 2 amide bonds. The van der Waals surface area contributed by atoms with Crippen LogP contribution in [0.25, 0.3) is 0 Å². The maximum absolute atomic E-state index is 12.9. The molecule has 0 aromatic heterocycles. The lowest BCUT2D eigenvalue weighted by Gasteiger charge is -2.40. The Kier molecular flexibility index (Phi) is 5.71. The first-order valence-electron chi connectivity index (χ1n) is 7.53. The molecule has 5 heteroatoms. The molecule has 5 nitrogen and oxygen atoms in total. The number of amides is 2. The molecule has 1 aromatic carbocycles. The van der Waals surface area contributed by atoms with Gasteiger partial charge < -0.3 is 14.5 Å². The maximum Gasteiger partial charge on any atom is 0.254 e. The second kappa shape index (κ2) is 7.74. The highest BCUT2D eigenvalue weighted by Gasteiger charge is 2.41. The Balaban J connectivity index is 2.33. The van der Waals surface area contributed by atoms with E-state index in [1.165, 1.54) is 0 Å². The molecule has 1 aliphatic heterocycles. The number of likely N-dealkylation sites (N-methyl/N-ethyl adjacent to an activating group) is 1. The SMILES string of the molecule is C=CCN(CC=C)C(=O)[C@H]1OCC(=O)N(C)[C@H]1c1ccccc1. The summed E-state index contributed by atoms with van der Waals surface area (Å²) in [5.41, 5.74) is 0.874. The molecule has 0 spiro atoms. The van der Waals surface area contributed by atoms with E-state index in [1.54, 1.807) is 29.0 Å². The van der Waals surface area contributed by atoms with Gasteiger partial charge in [-0.15, -0.1) is 13.2 Å². The van der Waals surface area contributed by atoms with Gasteiger partial charge in [0.15, 0.2) is 6.10 Å². The first-order chi connectivity index (χ1) is 11.1. The number of hydrogen-bond donors (Lipinski definition) is 0. The lowest BCUT2D eigenvalue weighted by molar-refractivity contribution is -0.166. The Morgan fingerprint density at radius 3 is 2.48 bits per heavy atom. The monoisotopic (exact) mass is 314 g/mol. The van der Waals surface area contributed by atoms with Crippen LogP contribution in [-0.2, 0) is 14.3 Å². The van der Waals surface area contributed by atoms with Crippen LogP contribution in [0.15, 0.2) is 55.6 Å². The number of carbonyl (C=O) groups excluding carboxylic acids is 2. The van der Waals surface area contributed by atoms with Crippen LogP contribution >= 0.6 is 0 Å². The molecule has 1 fully saturated rings. The number of hydrogen-bond acceptors (Lipinski definition) is 3. The molecule has 0 aliphatic carbocycles. The van der Waals surface area contributed by atoms with E-state index in [0.29, 0.717) is 13.1 Å². The average Bonchev–Trinajstić information content (AvgIpc) is 2.57. The van der Waals surface area contributed by atoms with Crippen molar-refractivity contribution in [3.63, 3.8) is 0 Å². The summed E-state index contributed by atoms with van der Waals surface area (Å²) >= 11 is 0. The molecule has 0 bridgehead atoms. The van der Waals surface area contributed by atoms with Gasteiger partial charge in [0.2, 0.25) is 5.91 Å². The van der Waals surface area contributed by atoms with E-state index < -0.39 is 12.1 Å². The third kappa shape index (κ3) is 3.68. The van der Waals surface area contributed by atoms with Gasteiger partial charge in [-0.1, -0.05) is 42.5 Å². The van der Waals surface area contributed by atoms with Crippen molar-refractivity contribution in [3.05, 3.63) is 61.2 Å². The first kappa shape index (κ1) is 17.0. The molecule has 1 aliphatic rings. The van der Waals surface area contributed by atoms with Crippen LogP contribution in [-0.4, -0.2) is 54.5 Å². The summed E-state index contributed by atoms with van der Waals surface area (Å²) in [6.45, 7) is 8.08. The number of morpholine rings is 1. The summed E-state index contributed by atoms with van der Waals surface area (Å²) in [7, 11) is 1.70. The highest BCUT2D eigenvalue weighted by atomic mass is 16.5. The minimum atomic E-state index is -0.736. The van der Waals surface area contributed by atoms with Crippen LogP contribution in [0, 0.1) is 0 Å². The van der Waals surface area contributed by atoms with Gasteiger partial charge >= 0.3 is 0 Å². The van der Waals surface area contributed by atoms with E-state index in [-0.39, 0.29) is 18.4 Å². The van der Waals surface area contributed by atoms with E-state index in [2.05, 4.69) is 13.2 Å². The zero-order valence-electron chi connectivity index (χ0n) is 13.4. The van der Waals surface area contributed by atoms with Crippen LogP contribution < -0.4 is 0 Å². The van der Waals surface area contributed by atoms with E-state index >= 15 is 0 Å². The van der Waals surface area contributed by atoms with Crippen molar-refractivity contribution in [2.24, 2.45) is 0 Å². The minimum Gasteiger partial charge on any atom is -0.356 e. The van der Waals surface area contributed by atoms with Gasteiger partial charge in [-0.2, -0.15) is 0 Å². The quantitative estimate of drug-likeness (QED) is 0.752. The molecule has 23 heavy (non-hydrogen) atoms. The van der Waals surface area contributed by atoms with Crippen molar-refractivity contribution >= 4 is 11.8 Å². The average molecular weight is 314 g/mol. The number of nitrogens with zero attached hydrogens (tertiary/aromatic N) is 2. The molecule has 0 saturated carbocycles. The van der Waals surface area contributed by atoms with Crippen LogP contribution in [0.1, 0.15) is 11.6 Å². The number of ether oxygens (including phenoxy) is 1. The number of rotatable bonds is 6. The molecule has 2 atom stereocenters. The molecular weight excluding hydrogens is 292 g/mol. The standard InChI is InChI=1S/C18H22N2O3/c1-4-11-20(12-5-2)18(22)17-16(14-9-7-6-8-10-14)19(3)15(21)13-23-17/h4-10,16-17H,1-2,11-13H2,3H3/t16-,17-/m0/s1. The zero-order chi connectivity index (χ0) is 16.8. The maximum atomic E-state index is 12.9. The summed E-state index contributed by atoms with van der Waals surface area (Å²) in [5.74, 6) is -0.306. The van der Waals surface area contributed by atoms with Gasteiger partial charge in [-0.05, 0) is 5.56 Å². The van der Waals surface area contributed by atoms with Gasteiger partial charge in [0.05, 0.1) is 6.04 Å². The highest BCUT2D eigenvalue weighted by molar-refractivity contribution is 5.86. The largest absolute Gasteiger partial charge is 0.356 e. The smallest absolute Gasteiger partial charge is 0.254 e. The fourth-order valence-electron chi connectivity index (χ4n) is 2.71. The van der Waals surface area contributed by atoms with E-state index in [0.717, 1.165) is 5.56 Å². The molecule has 1 saturated heterocycles. The van der Waals surface area contributed by atoms with Crippen molar-refractivity contribution in [3.8, 4) is 0 Å². The first-order valence-corrected chi connectivity index (χ1v) is 7.53. The van der Waals surface area contributed by atoms with E-state index in [9.17, 15) is 9.59 Å². The third-order valence-corrected chi connectivity index (χ3v) is 3.88. The van der Waals surface area contributed by atoms with Crippen molar-refractivity contribution in [2.45, 2.75) is 12.1 Å². The fraction of sp³-hybridized carbons (Fsp3) is 0.333. The Morgan fingerprint density at radius 1 is 1.30 bits per heavy atom. The predicted molar refractivity (Wildman–Crippen MR) is 88.7 cm³/mol. The molecular formula is C18H22N2O3. The summed E-state index contributed by atoms with van der Waals surface area (Å²) in [6.07, 6.45) is 2.59. The van der Waals surface area contributed by atoms with Crippen LogP contribution in [0.5, 0.6) is 0 Å². The molecule has 1 aromatic rings. The molecule has 0 radical (unpaired) electrons. The van der Waals surface area contributed by atoms with Gasteiger partial charge in [0, 0.05) is 20.1 Å². The van der Waals surface area contributed by atoms with Crippen molar-refractivity contribution in [1.82, 2.24) is 9.80 Å². The van der Waals surface area contributed by atoms with Gasteiger partial charge in [0.25, 0.3) is 5.91 Å². The Morgan fingerprint density at radius 2 is 1.91 bits per heavy atom. The van der Waals surface area contributed by atoms with E-state index in [4.69, 9.17) is 4.74 Å². The molecule has 0 unspecified atom stereocenters. The molecule has 122 valence electrons. The summed E-state index contributed by atoms with van der Waals surface area (Å²) in [4.78, 5) is 28.1. The lowest BCUT2D eigenvalue weighted by atomic mass is 9.97. The second-order valence-electron chi connectivity index (χ2n) is 5.41. The van der Waals surface area contributed by atoms with Crippen molar-refractivity contribution < 1.29 is 14.3 Å². The van der Waals surface area contributed by atoms with Crippen molar-refractivity contribution in [1.29, 1.82) is 0 Å². The van der Waals surface area contributed by atoms with Crippen LogP contribution in [0.2, 0.25) is 0 Å². The van der Waals surface area contributed by atoms with E-state index in [1.807, 2.05) is 30.3 Å². The summed E-state index contributed by atoms with van der Waals surface area (Å²) in [6, 6.07) is 9.02. The fourth-order valence-corrected chi connectivity index (χ4v) is 2.71. The van der Waals surface area contributed by atoms with Crippen LogP contribution in [0.4, 0.5) is 0 Å². The number of carbonyl (C=O) groups is 2. The highest BCUT2D eigenvalue weighted by Crippen LogP contribution is 2.30.